The van der Waals surface area contributed by atoms with Gasteiger partial charge in [0.15, 0.2) is 15.5 Å². The van der Waals surface area contributed by atoms with Gasteiger partial charge in [0.25, 0.3) is 11.8 Å². The van der Waals surface area contributed by atoms with Gasteiger partial charge >= 0.3 is 0 Å². The van der Waals surface area contributed by atoms with Crippen molar-refractivity contribution in [3.05, 3.63) is 52.4 Å². The van der Waals surface area contributed by atoms with E-state index in [1.165, 1.54) is 6.07 Å². The Morgan fingerprint density at radius 1 is 1.12 bits per heavy atom. The van der Waals surface area contributed by atoms with E-state index in [0.717, 1.165) is 6.42 Å². The van der Waals surface area contributed by atoms with Crippen LogP contribution in [-0.4, -0.2) is 23.5 Å². The number of anilines is 1. The molecule has 0 unspecified atom stereocenters. The van der Waals surface area contributed by atoms with E-state index in [4.69, 9.17) is 16.6 Å². The van der Waals surface area contributed by atoms with Crippen LogP contribution in [0, 0.1) is 0 Å². The number of nitrogens with one attached hydrogen (secondary N) is 3. The van der Waals surface area contributed by atoms with E-state index in [9.17, 15) is 9.59 Å². The molecule has 2 rings (SSSR count). The Morgan fingerprint density at radius 3 is 2.42 bits per heavy atom. The molecule has 0 saturated heterocycles. The molecule has 24 heavy (non-hydrogen) atoms. The molecular formula is C16H16BrN3O3S. The molecule has 1 aromatic heterocycles. The quantitative estimate of drug-likeness (QED) is 0.659. The zero-order valence-corrected chi connectivity index (χ0v) is 15.3. The highest BCUT2D eigenvalue weighted by molar-refractivity contribution is 9.10. The Balaban J connectivity index is 1.90. The molecule has 0 spiro atoms. The van der Waals surface area contributed by atoms with Gasteiger partial charge in [-0.25, -0.2) is 0 Å². The molecule has 0 aliphatic carbocycles. The second-order valence-corrected chi connectivity index (χ2v) is 6.04. The Labute approximate surface area is 153 Å². The van der Waals surface area contributed by atoms with Crippen LogP contribution in [0.2, 0.25) is 0 Å². The van der Waals surface area contributed by atoms with Crippen molar-refractivity contribution >= 4 is 50.8 Å². The standard InChI is InChI=1S/C16H16BrN3O3S/c1-2-9-18-14(21)10-3-5-11(6-4-10)19-16(24)20-15(22)12-7-8-13(17)23-12/h3-8H,2,9H2,1H3,(H,18,21)(H2,19,20,22,24). The first-order chi connectivity index (χ1) is 11.5. The van der Waals surface area contributed by atoms with Crippen LogP contribution in [0.1, 0.15) is 34.3 Å². The van der Waals surface area contributed by atoms with Crippen LogP contribution in [0.4, 0.5) is 5.69 Å². The molecule has 2 amide bonds. The van der Waals surface area contributed by atoms with Gasteiger partial charge in [0.2, 0.25) is 0 Å². The number of carbonyl (C=O) groups is 2. The Hall–Kier alpha value is -2.19. The first kappa shape index (κ1) is 18.2. The summed E-state index contributed by atoms with van der Waals surface area (Å²) in [5.74, 6) is -0.426. The predicted molar refractivity (Wildman–Crippen MR) is 99.2 cm³/mol. The van der Waals surface area contributed by atoms with Gasteiger partial charge in [0, 0.05) is 17.8 Å². The van der Waals surface area contributed by atoms with E-state index in [-0.39, 0.29) is 16.8 Å². The summed E-state index contributed by atoms with van der Waals surface area (Å²) in [6.45, 7) is 2.63. The maximum atomic E-state index is 11.9. The third-order valence-corrected chi connectivity index (χ3v) is 3.59. The van der Waals surface area contributed by atoms with Crippen molar-refractivity contribution in [1.29, 1.82) is 0 Å². The average Bonchev–Trinajstić information content (AvgIpc) is 3.00. The summed E-state index contributed by atoms with van der Waals surface area (Å²) in [6, 6.07) is 9.94. The van der Waals surface area contributed by atoms with Crippen LogP contribution in [-0.2, 0) is 0 Å². The number of hydrogen-bond acceptors (Lipinski definition) is 4. The molecule has 0 aliphatic rings. The fourth-order valence-electron chi connectivity index (χ4n) is 1.81. The summed E-state index contributed by atoms with van der Waals surface area (Å²) in [7, 11) is 0. The average molecular weight is 410 g/mol. The van der Waals surface area contributed by atoms with E-state index >= 15 is 0 Å². The number of furan rings is 1. The van der Waals surface area contributed by atoms with Crippen LogP contribution < -0.4 is 16.0 Å². The van der Waals surface area contributed by atoms with Crippen molar-refractivity contribution in [2.45, 2.75) is 13.3 Å². The smallest absolute Gasteiger partial charge is 0.293 e. The lowest BCUT2D eigenvalue weighted by atomic mass is 10.2. The second-order valence-electron chi connectivity index (χ2n) is 4.85. The van der Waals surface area contributed by atoms with E-state index < -0.39 is 5.91 Å². The monoisotopic (exact) mass is 409 g/mol. The van der Waals surface area contributed by atoms with Gasteiger partial charge in [-0.05, 0) is 71.0 Å². The van der Waals surface area contributed by atoms with Gasteiger partial charge < -0.3 is 15.1 Å². The second kappa shape index (κ2) is 8.60. The molecule has 0 aliphatic heterocycles. The minimum Gasteiger partial charge on any atom is -0.444 e. The first-order valence-electron chi connectivity index (χ1n) is 7.25. The SMILES string of the molecule is CCCNC(=O)c1ccc(NC(=S)NC(=O)c2ccc(Br)o2)cc1. The lowest BCUT2D eigenvalue weighted by molar-refractivity contribution is 0.0943. The maximum Gasteiger partial charge on any atom is 0.293 e. The van der Waals surface area contributed by atoms with E-state index in [1.54, 1.807) is 30.3 Å². The fraction of sp³-hybridized carbons (Fsp3) is 0.188. The molecule has 2 aromatic rings. The number of halogens is 1. The molecule has 3 N–H and O–H groups in total. The van der Waals surface area contributed by atoms with E-state index in [1.807, 2.05) is 6.92 Å². The molecule has 0 bridgehead atoms. The van der Waals surface area contributed by atoms with Gasteiger partial charge in [-0.1, -0.05) is 6.92 Å². The van der Waals surface area contributed by atoms with E-state index in [0.29, 0.717) is 22.5 Å². The molecule has 1 heterocycles. The summed E-state index contributed by atoms with van der Waals surface area (Å²) in [4.78, 5) is 23.7. The minimum absolute atomic E-state index is 0.123. The van der Waals surface area contributed by atoms with Crippen LogP contribution in [0.25, 0.3) is 0 Å². The van der Waals surface area contributed by atoms with Crippen molar-refractivity contribution < 1.29 is 14.0 Å². The van der Waals surface area contributed by atoms with Crippen molar-refractivity contribution in [1.82, 2.24) is 10.6 Å². The van der Waals surface area contributed by atoms with Crippen LogP contribution in [0.15, 0.2) is 45.5 Å². The molecule has 126 valence electrons. The lowest BCUT2D eigenvalue weighted by Crippen LogP contribution is -2.33. The largest absolute Gasteiger partial charge is 0.444 e. The number of benzene rings is 1. The summed E-state index contributed by atoms with van der Waals surface area (Å²) >= 11 is 8.21. The number of rotatable bonds is 5. The van der Waals surface area contributed by atoms with Crippen molar-refractivity contribution in [2.75, 3.05) is 11.9 Å². The topological polar surface area (TPSA) is 83.4 Å². The number of carbonyl (C=O) groups excluding carboxylic acids is 2. The number of thiocarbonyl (C=S) groups is 1. The molecule has 0 fully saturated rings. The van der Waals surface area contributed by atoms with Crippen LogP contribution in [0.5, 0.6) is 0 Å². The zero-order valence-electron chi connectivity index (χ0n) is 12.9. The molecular weight excluding hydrogens is 394 g/mol. The van der Waals surface area contributed by atoms with Crippen LogP contribution in [0.3, 0.4) is 0 Å². The highest BCUT2D eigenvalue weighted by Crippen LogP contribution is 2.14. The molecule has 0 atom stereocenters. The van der Waals surface area contributed by atoms with Gasteiger partial charge in [0.05, 0.1) is 0 Å². The summed E-state index contributed by atoms with van der Waals surface area (Å²) in [6.07, 6.45) is 0.881. The lowest BCUT2D eigenvalue weighted by Gasteiger charge is -2.09. The normalized spacial score (nSPS) is 10.1. The summed E-state index contributed by atoms with van der Waals surface area (Å²) < 4.78 is 5.60. The van der Waals surface area contributed by atoms with Crippen molar-refractivity contribution in [3.8, 4) is 0 Å². The predicted octanol–water partition coefficient (Wildman–Crippen LogP) is 3.31. The molecule has 0 radical (unpaired) electrons. The molecule has 1 aromatic carbocycles. The highest BCUT2D eigenvalue weighted by Gasteiger charge is 2.12. The third kappa shape index (κ3) is 5.17. The Bertz CT molecular complexity index is 743. The molecule has 8 heteroatoms. The van der Waals surface area contributed by atoms with Gasteiger partial charge in [-0.2, -0.15) is 0 Å². The molecule has 6 nitrogen and oxygen atoms in total. The van der Waals surface area contributed by atoms with Crippen molar-refractivity contribution in [3.63, 3.8) is 0 Å². The zero-order chi connectivity index (χ0) is 17.5. The van der Waals surface area contributed by atoms with E-state index in [2.05, 4.69) is 31.9 Å². The Morgan fingerprint density at radius 2 is 1.83 bits per heavy atom. The molecule has 0 saturated carbocycles. The Kier molecular flexibility index (Phi) is 6.51. The van der Waals surface area contributed by atoms with Gasteiger partial charge in [0.1, 0.15) is 0 Å². The van der Waals surface area contributed by atoms with Crippen LogP contribution >= 0.6 is 28.1 Å². The van der Waals surface area contributed by atoms with Gasteiger partial charge in [-0.15, -0.1) is 0 Å². The number of hydrogen-bond donors (Lipinski definition) is 3. The summed E-state index contributed by atoms with van der Waals surface area (Å²) in [5.41, 5.74) is 1.22. The maximum absolute atomic E-state index is 11.9. The summed E-state index contributed by atoms with van der Waals surface area (Å²) in [5, 5.41) is 8.32. The first-order valence-corrected chi connectivity index (χ1v) is 8.45. The van der Waals surface area contributed by atoms with Crippen molar-refractivity contribution in [2.24, 2.45) is 0 Å². The number of amides is 2. The third-order valence-electron chi connectivity index (χ3n) is 2.96. The highest BCUT2D eigenvalue weighted by atomic mass is 79.9. The minimum atomic E-state index is -0.450. The fourth-order valence-corrected chi connectivity index (χ4v) is 2.33. The van der Waals surface area contributed by atoms with Gasteiger partial charge in [-0.3, -0.25) is 14.9 Å².